The highest BCUT2D eigenvalue weighted by Gasteiger charge is 2.23. The van der Waals surface area contributed by atoms with Crippen LogP contribution < -0.4 is 10.2 Å². The fourth-order valence-electron chi connectivity index (χ4n) is 2.93. The van der Waals surface area contributed by atoms with Crippen LogP contribution in [0.1, 0.15) is 25.3 Å². The second-order valence-electron chi connectivity index (χ2n) is 5.45. The molecule has 1 unspecified atom stereocenters. The average Bonchev–Trinajstić information content (AvgIpc) is 2.45. The number of para-hydroxylation sites is 1. The zero-order valence-corrected chi connectivity index (χ0v) is 12.3. The number of anilines is 1. The van der Waals surface area contributed by atoms with Gasteiger partial charge in [0.2, 0.25) is 0 Å². The molecule has 0 radical (unpaired) electrons. The van der Waals surface area contributed by atoms with Crippen LogP contribution in [0, 0.1) is 23.0 Å². The van der Waals surface area contributed by atoms with Crippen molar-refractivity contribution < 1.29 is 4.92 Å². The monoisotopic (exact) mass is 277 g/mol. The van der Waals surface area contributed by atoms with E-state index in [-0.39, 0.29) is 10.6 Å². The first-order valence-corrected chi connectivity index (χ1v) is 7.33. The smallest absolute Gasteiger partial charge is 0.295 e. The van der Waals surface area contributed by atoms with Crippen molar-refractivity contribution in [2.75, 3.05) is 31.1 Å². The van der Waals surface area contributed by atoms with Crippen LogP contribution in [0.25, 0.3) is 0 Å². The highest BCUT2D eigenvalue weighted by atomic mass is 16.6. The van der Waals surface area contributed by atoms with E-state index in [2.05, 4.69) is 17.1 Å². The predicted molar refractivity (Wildman–Crippen MR) is 81.3 cm³/mol. The lowest BCUT2D eigenvalue weighted by Gasteiger charge is -2.30. The summed E-state index contributed by atoms with van der Waals surface area (Å²) >= 11 is 0. The zero-order valence-electron chi connectivity index (χ0n) is 12.3. The quantitative estimate of drug-likeness (QED) is 0.664. The summed E-state index contributed by atoms with van der Waals surface area (Å²) in [5.41, 5.74) is 1.73. The molecule has 5 heteroatoms. The van der Waals surface area contributed by atoms with Crippen LogP contribution in [0.3, 0.4) is 0 Å². The molecule has 1 atom stereocenters. The van der Waals surface area contributed by atoms with Crippen LogP contribution >= 0.6 is 0 Å². The van der Waals surface area contributed by atoms with Gasteiger partial charge < -0.3 is 10.2 Å². The van der Waals surface area contributed by atoms with E-state index < -0.39 is 0 Å². The summed E-state index contributed by atoms with van der Waals surface area (Å²) in [6.45, 7) is 7.64. The van der Waals surface area contributed by atoms with Crippen LogP contribution in [0.4, 0.5) is 11.4 Å². The van der Waals surface area contributed by atoms with Gasteiger partial charge in [0.1, 0.15) is 5.69 Å². The molecule has 1 heterocycles. The summed E-state index contributed by atoms with van der Waals surface area (Å²) < 4.78 is 0. The third-order valence-corrected chi connectivity index (χ3v) is 4.00. The Bertz CT molecular complexity index is 470. The molecule has 0 aromatic heterocycles. The van der Waals surface area contributed by atoms with Crippen LogP contribution in [0.2, 0.25) is 0 Å². The van der Waals surface area contributed by atoms with E-state index in [0.717, 1.165) is 37.4 Å². The number of rotatable bonds is 5. The van der Waals surface area contributed by atoms with E-state index in [0.29, 0.717) is 5.92 Å². The molecule has 1 aliphatic heterocycles. The lowest BCUT2D eigenvalue weighted by Crippen LogP contribution is -2.38. The highest BCUT2D eigenvalue weighted by Crippen LogP contribution is 2.32. The number of nitro groups is 1. The van der Waals surface area contributed by atoms with Gasteiger partial charge in [-0.15, -0.1) is 0 Å². The number of nitrogens with zero attached hydrogens (tertiary/aromatic N) is 2. The summed E-state index contributed by atoms with van der Waals surface area (Å²) in [6, 6.07) is 5.57. The molecule has 0 saturated carbocycles. The van der Waals surface area contributed by atoms with Gasteiger partial charge in [-0.25, -0.2) is 0 Å². The molecule has 1 saturated heterocycles. The largest absolute Gasteiger partial charge is 0.366 e. The number of nitro benzene ring substituents is 1. The summed E-state index contributed by atoms with van der Waals surface area (Å²) in [7, 11) is 0. The SMILES string of the molecule is CCN(CC1CCCNC1)c1cccc(C)c1[N+](=O)[O-]. The molecule has 0 spiro atoms. The molecule has 1 aromatic carbocycles. The Hall–Kier alpha value is -1.62. The van der Waals surface area contributed by atoms with Crippen molar-refractivity contribution in [1.82, 2.24) is 5.32 Å². The number of hydrogen-bond donors (Lipinski definition) is 1. The Morgan fingerprint density at radius 3 is 2.90 bits per heavy atom. The van der Waals surface area contributed by atoms with Crippen molar-refractivity contribution in [2.24, 2.45) is 5.92 Å². The minimum Gasteiger partial charge on any atom is -0.366 e. The van der Waals surface area contributed by atoms with E-state index in [9.17, 15) is 10.1 Å². The fraction of sp³-hybridized carbons (Fsp3) is 0.600. The maximum absolute atomic E-state index is 11.3. The van der Waals surface area contributed by atoms with Gasteiger partial charge in [0.15, 0.2) is 0 Å². The van der Waals surface area contributed by atoms with E-state index in [1.165, 1.54) is 12.8 Å². The minimum atomic E-state index is -0.257. The molecule has 2 rings (SSSR count). The lowest BCUT2D eigenvalue weighted by atomic mass is 9.98. The maximum Gasteiger partial charge on any atom is 0.295 e. The molecule has 1 N–H and O–H groups in total. The number of aryl methyl sites for hydroxylation is 1. The summed E-state index contributed by atoms with van der Waals surface area (Å²) in [5.74, 6) is 0.573. The van der Waals surface area contributed by atoms with Crippen LogP contribution in [-0.2, 0) is 0 Å². The lowest BCUT2D eigenvalue weighted by molar-refractivity contribution is -0.384. The molecular weight excluding hydrogens is 254 g/mol. The third kappa shape index (κ3) is 3.28. The van der Waals surface area contributed by atoms with Gasteiger partial charge in [0, 0.05) is 18.7 Å². The first-order valence-electron chi connectivity index (χ1n) is 7.33. The van der Waals surface area contributed by atoms with E-state index in [4.69, 9.17) is 0 Å². The normalized spacial score (nSPS) is 18.8. The van der Waals surface area contributed by atoms with E-state index >= 15 is 0 Å². The summed E-state index contributed by atoms with van der Waals surface area (Å²) in [6.07, 6.45) is 2.39. The number of benzene rings is 1. The van der Waals surface area contributed by atoms with Gasteiger partial charge in [0.05, 0.1) is 4.92 Å². The minimum absolute atomic E-state index is 0.248. The van der Waals surface area contributed by atoms with Crippen molar-refractivity contribution >= 4 is 11.4 Å². The third-order valence-electron chi connectivity index (χ3n) is 4.00. The van der Waals surface area contributed by atoms with E-state index in [1.54, 1.807) is 13.0 Å². The Morgan fingerprint density at radius 2 is 2.30 bits per heavy atom. The Kier molecular flexibility index (Phi) is 4.95. The number of hydrogen-bond acceptors (Lipinski definition) is 4. The first-order chi connectivity index (χ1) is 9.63. The molecule has 20 heavy (non-hydrogen) atoms. The van der Waals surface area contributed by atoms with Crippen molar-refractivity contribution in [3.8, 4) is 0 Å². The molecule has 1 fully saturated rings. The molecular formula is C15H23N3O2. The van der Waals surface area contributed by atoms with Gasteiger partial charge >= 0.3 is 0 Å². The van der Waals surface area contributed by atoms with Gasteiger partial charge in [-0.2, -0.15) is 0 Å². The summed E-state index contributed by atoms with van der Waals surface area (Å²) in [5, 5.41) is 14.7. The highest BCUT2D eigenvalue weighted by molar-refractivity contribution is 5.66. The molecule has 0 aliphatic carbocycles. The van der Waals surface area contributed by atoms with Gasteiger partial charge in [-0.3, -0.25) is 10.1 Å². The Morgan fingerprint density at radius 1 is 1.50 bits per heavy atom. The first kappa shape index (κ1) is 14.8. The van der Waals surface area contributed by atoms with Gasteiger partial charge in [-0.1, -0.05) is 12.1 Å². The molecule has 1 aromatic rings. The molecule has 110 valence electrons. The molecule has 0 bridgehead atoms. The average molecular weight is 277 g/mol. The Balaban J connectivity index is 2.22. The molecule has 5 nitrogen and oxygen atoms in total. The Labute approximate surface area is 120 Å². The standard InChI is InChI=1S/C15H23N3O2/c1-3-17(11-13-7-5-9-16-10-13)14-8-4-6-12(2)15(14)18(19)20/h4,6,8,13,16H,3,5,7,9-11H2,1-2H3. The number of piperidine rings is 1. The topological polar surface area (TPSA) is 58.4 Å². The van der Waals surface area contributed by atoms with Crippen LogP contribution in [0.15, 0.2) is 18.2 Å². The zero-order chi connectivity index (χ0) is 14.5. The predicted octanol–water partition coefficient (Wildman–Crippen LogP) is 2.73. The van der Waals surface area contributed by atoms with Crippen molar-refractivity contribution in [3.05, 3.63) is 33.9 Å². The van der Waals surface area contributed by atoms with Crippen molar-refractivity contribution in [1.29, 1.82) is 0 Å². The molecule has 0 amide bonds. The van der Waals surface area contributed by atoms with Crippen molar-refractivity contribution in [2.45, 2.75) is 26.7 Å². The van der Waals surface area contributed by atoms with E-state index in [1.807, 2.05) is 12.1 Å². The second kappa shape index (κ2) is 6.70. The van der Waals surface area contributed by atoms with Gasteiger partial charge in [-0.05, 0) is 51.8 Å². The molecule has 1 aliphatic rings. The number of nitrogens with one attached hydrogen (secondary N) is 1. The van der Waals surface area contributed by atoms with Crippen LogP contribution in [0.5, 0.6) is 0 Å². The fourth-order valence-corrected chi connectivity index (χ4v) is 2.93. The second-order valence-corrected chi connectivity index (χ2v) is 5.45. The summed E-state index contributed by atoms with van der Waals surface area (Å²) in [4.78, 5) is 13.2. The van der Waals surface area contributed by atoms with Crippen molar-refractivity contribution in [3.63, 3.8) is 0 Å². The maximum atomic E-state index is 11.3. The van der Waals surface area contributed by atoms with Crippen LogP contribution in [-0.4, -0.2) is 31.1 Å². The van der Waals surface area contributed by atoms with Gasteiger partial charge in [0.25, 0.3) is 5.69 Å².